The predicted molar refractivity (Wildman–Crippen MR) is 70.0 cm³/mol. The maximum Gasteiger partial charge on any atom is 0.342 e. The van der Waals surface area contributed by atoms with Gasteiger partial charge in [0.15, 0.2) is 0 Å². The smallest absolute Gasteiger partial charge is 0.301 e. The first-order chi connectivity index (χ1) is 8.45. The molecule has 108 valence electrons. The van der Waals surface area contributed by atoms with Gasteiger partial charge in [-0.25, -0.2) is 13.2 Å². The lowest BCUT2D eigenvalue weighted by Crippen LogP contribution is -2.02. The molecule has 0 atom stereocenters. The predicted octanol–water partition coefficient (Wildman–Crippen LogP) is 2.56. The minimum absolute atomic E-state index is 0.269. The summed E-state index contributed by atoms with van der Waals surface area (Å²) in [6.07, 6.45) is 9.28. The van der Waals surface area contributed by atoms with Gasteiger partial charge in [-0.2, -0.15) is 5.26 Å². The summed E-state index contributed by atoms with van der Waals surface area (Å²) in [5, 5.41) is 8.02. The van der Waals surface area contributed by atoms with E-state index in [1.807, 2.05) is 0 Å². The molecule has 0 aromatic carbocycles. The third-order valence-corrected chi connectivity index (χ3v) is 3.78. The van der Waals surface area contributed by atoms with Gasteiger partial charge in [0.2, 0.25) is 0 Å². The largest absolute Gasteiger partial charge is 0.342 e. The number of hydrogen-bond acceptors (Lipinski definition) is 5. The zero-order valence-electron chi connectivity index (χ0n) is 11.1. The summed E-state index contributed by atoms with van der Waals surface area (Å²) in [4.78, 5) is 14.1. The highest BCUT2D eigenvalue weighted by Crippen LogP contribution is 2.10. The first-order valence-electron chi connectivity index (χ1n) is 6.47. The third kappa shape index (κ3) is 13.4. The Morgan fingerprint density at radius 2 is 1.39 bits per heavy atom. The molecule has 0 bridgehead atoms. The van der Waals surface area contributed by atoms with Crippen molar-refractivity contribution in [2.24, 2.45) is 0 Å². The maximum absolute atomic E-state index is 10.9. The SMILES string of the molecule is CS(=O)(=O)CCCCCCCCCCC(=O)OO. The fraction of sp³-hybridized carbons (Fsp3) is 0.917. The Labute approximate surface area is 109 Å². The van der Waals surface area contributed by atoms with Gasteiger partial charge in [0.1, 0.15) is 9.84 Å². The van der Waals surface area contributed by atoms with Gasteiger partial charge in [0.05, 0.1) is 0 Å². The second-order valence-corrected chi connectivity index (χ2v) is 6.93. The quantitative estimate of drug-likeness (QED) is 0.357. The Kier molecular flexibility index (Phi) is 9.96. The first-order valence-corrected chi connectivity index (χ1v) is 8.54. The van der Waals surface area contributed by atoms with Gasteiger partial charge in [0, 0.05) is 18.4 Å². The van der Waals surface area contributed by atoms with Crippen LogP contribution in [0.4, 0.5) is 0 Å². The van der Waals surface area contributed by atoms with Crippen LogP contribution in [0.3, 0.4) is 0 Å². The van der Waals surface area contributed by atoms with Crippen LogP contribution in [0.2, 0.25) is 0 Å². The number of sulfone groups is 1. The minimum atomic E-state index is -2.80. The van der Waals surface area contributed by atoms with Crippen LogP contribution in [0, 0.1) is 0 Å². The second kappa shape index (κ2) is 10.3. The number of carbonyl (C=O) groups is 1. The number of unbranched alkanes of at least 4 members (excludes halogenated alkanes) is 7. The highest BCUT2D eigenvalue weighted by atomic mass is 32.2. The lowest BCUT2D eigenvalue weighted by molar-refractivity contribution is -0.234. The van der Waals surface area contributed by atoms with Crippen LogP contribution in [0.25, 0.3) is 0 Å². The molecule has 0 aliphatic carbocycles. The summed E-state index contributed by atoms with van der Waals surface area (Å²) in [5.74, 6) is -0.285. The molecular formula is C12H24O5S. The fourth-order valence-corrected chi connectivity index (χ4v) is 2.47. The van der Waals surface area contributed by atoms with Crippen molar-refractivity contribution >= 4 is 15.8 Å². The van der Waals surface area contributed by atoms with Crippen LogP contribution in [0.15, 0.2) is 0 Å². The zero-order chi connectivity index (χ0) is 13.9. The summed E-state index contributed by atoms with van der Waals surface area (Å²) in [7, 11) is -2.80. The van der Waals surface area contributed by atoms with Gasteiger partial charge in [-0.05, 0) is 12.8 Å². The molecule has 0 spiro atoms. The van der Waals surface area contributed by atoms with Gasteiger partial charge in [-0.15, -0.1) is 0 Å². The van der Waals surface area contributed by atoms with Crippen LogP contribution >= 0.6 is 0 Å². The van der Waals surface area contributed by atoms with Crippen molar-refractivity contribution < 1.29 is 23.4 Å². The molecule has 1 N–H and O–H groups in total. The van der Waals surface area contributed by atoms with Crippen LogP contribution in [0.5, 0.6) is 0 Å². The standard InChI is InChI=1S/C12H24O5S/c1-18(15,16)11-9-7-5-3-2-4-6-8-10-12(13)17-14/h14H,2-11H2,1H3. The third-order valence-electron chi connectivity index (χ3n) is 2.75. The number of rotatable bonds is 11. The molecule has 0 saturated heterocycles. The maximum atomic E-state index is 10.9. The molecule has 0 fully saturated rings. The van der Waals surface area contributed by atoms with Gasteiger partial charge in [-0.3, -0.25) is 0 Å². The van der Waals surface area contributed by atoms with E-state index in [4.69, 9.17) is 5.26 Å². The van der Waals surface area contributed by atoms with Gasteiger partial charge in [0.25, 0.3) is 0 Å². The Morgan fingerprint density at radius 3 is 1.83 bits per heavy atom. The van der Waals surface area contributed by atoms with Crippen molar-refractivity contribution in [3.05, 3.63) is 0 Å². The van der Waals surface area contributed by atoms with E-state index in [0.29, 0.717) is 0 Å². The van der Waals surface area contributed by atoms with Crippen molar-refractivity contribution in [1.29, 1.82) is 0 Å². The second-order valence-electron chi connectivity index (χ2n) is 4.67. The molecule has 0 aliphatic rings. The van der Waals surface area contributed by atoms with Crippen molar-refractivity contribution in [1.82, 2.24) is 0 Å². The number of hydrogen-bond donors (Lipinski definition) is 1. The van der Waals surface area contributed by atoms with Gasteiger partial charge >= 0.3 is 5.97 Å². The van der Waals surface area contributed by atoms with E-state index < -0.39 is 15.8 Å². The molecule has 5 nitrogen and oxygen atoms in total. The van der Waals surface area contributed by atoms with Crippen LogP contribution < -0.4 is 0 Å². The highest BCUT2D eigenvalue weighted by molar-refractivity contribution is 7.90. The van der Waals surface area contributed by atoms with E-state index in [1.54, 1.807) is 0 Å². The summed E-state index contributed by atoms with van der Waals surface area (Å²) in [5.41, 5.74) is 0. The Balaban J connectivity index is 3.15. The van der Waals surface area contributed by atoms with E-state index in [9.17, 15) is 13.2 Å². The van der Waals surface area contributed by atoms with Gasteiger partial charge in [-0.1, -0.05) is 38.5 Å². The molecule has 6 heteroatoms. The molecule has 0 aliphatic heterocycles. The molecule has 0 saturated carbocycles. The topological polar surface area (TPSA) is 80.7 Å². The lowest BCUT2D eigenvalue weighted by atomic mass is 10.1. The molecule has 0 aromatic rings. The average Bonchev–Trinajstić information content (AvgIpc) is 2.29. The molecule has 0 rings (SSSR count). The monoisotopic (exact) mass is 280 g/mol. The normalized spacial score (nSPS) is 11.4. The van der Waals surface area contributed by atoms with E-state index >= 15 is 0 Å². The Bertz CT molecular complexity index is 310. The Morgan fingerprint density at radius 1 is 0.944 bits per heavy atom. The van der Waals surface area contributed by atoms with Crippen molar-refractivity contribution in [2.45, 2.75) is 57.8 Å². The molecule has 0 radical (unpaired) electrons. The summed E-state index contributed by atoms with van der Waals surface area (Å²) >= 11 is 0. The van der Waals surface area contributed by atoms with Crippen molar-refractivity contribution in [2.75, 3.05) is 12.0 Å². The highest BCUT2D eigenvalue weighted by Gasteiger charge is 2.02. The van der Waals surface area contributed by atoms with E-state index in [2.05, 4.69) is 4.89 Å². The first kappa shape index (κ1) is 17.4. The van der Waals surface area contributed by atoms with Crippen LogP contribution in [0.1, 0.15) is 57.8 Å². The lowest BCUT2D eigenvalue weighted by Gasteiger charge is -2.01. The summed E-state index contributed by atoms with van der Waals surface area (Å²) < 4.78 is 21.7. The average molecular weight is 280 g/mol. The summed E-state index contributed by atoms with van der Waals surface area (Å²) in [6, 6.07) is 0. The van der Waals surface area contributed by atoms with E-state index in [-0.39, 0.29) is 12.2 Å². The van der Waals surface area contributed by atoms with Gasteiger partial charge < -0.3 is 4.89 Å². The van der Waals surface area contributed by atoms with E-state index in [0.717, 1.165) is 51.4 Å². The number of carbonyl (C=O) groups excluding carboxylic acids is 1. The van der Waals surface area contributed by atoms with E-state index in [1.165, 1.54) is 6.26 Å². The minimum Gasteiger partial charge on any atom is -0.301 e. The molecule has 0 aromatic heterocycles. The van der Waals surface area contributed by atoms with Crippen LogP contribution in [-0.2, 0) is 19.5 Å². The fourth-order valence-electron chi connectivity index (χ4n) is 1.74. The van der Waals surface area contributed by atoms with Crippen LogP contribution in [-0.4, -0.2) is 31.7 Å². The summed E-state index contributed by atoms with van der Waals surface area (Å²) in [6.45, 7) is 0. The molecule has 18 heavy (non-hydrogen) atoms. The van der Waals surface area contributed by atoms with Crippen molar-refractivity contribution in [3.63, 3.8) is 0 Å². The Hall–Kier alpha value is -0.620. The molecule has 0 unspecified atom stereocenters. The zero-order valence-corrected chi connectivity index (χ0v) is 11.9. The molecule has 0 heterocycles. The molecular weight excluding hydrogens is 256 g/mol. The van der Waals surface area contributed by atoms with Crippen molar-refractivity contribution in [3.8, 4) is 0 Å². The molecule has 0 amide bonds.